The van der Waals surface area contributed by atoms with Crippen LogP contribution >= 0.6 is 11.3 Å². The molecular formula is C11H13NO3S. The van der Waals surface area contributed by atoms with Crippen LogP contribution in [-0.4, -0.2) is 36.0 Å². The van der Waals surface area contributed by atoms with E-state index in [1.54, 1.807) is 11.3 Å². The minimum atomic E-state index is -0.450. The smallest absolute Gasteiger partial charge is 0.327 e. The second-order valence-corrected chi connectivity index (χ2v) is 4.92. The summed E-state index contributed by atoms with van der Waals surface area (Å²) < 4.78 is 4.48. The van der Waals surface area contributed by atoms with Crippen molar-refractivity contribution in [1.29, 1.82) is 0 Å². The first-order chi connectivity index (χ1) is 7.65. The fourth-order valence-electron chi connectivity index (χ4n) is 1.74. The molecule has 0 saturated carbocycles. The van der Waals surface area contributed by atoms with Gasteiger partial charge in [-0.3, -0.25) is 14.5 Å². The van der Waals surface area contributed by atoms with E-state index in [2.05, 4.69) is 10.8 Å². The Bertz CT molecular complexity index is 372. The first-order valence-corrected chi connectivity index (χ1v) is 6.03. The molecule has 16 heavy (non-hydrogen) atoms. The molecule has 1 saturated heterocycles. The van der Waals surface area contributed by atoms with E-state index in [1.165, 1.54) is 4.88 Å². The third-order valence-corrected chi connectivity index (χ3v) is 3.49. The van der Waals surface area contributed by atoms with Gasteiger partial charge in [-0.15, -0.1) is 11.3 Å². The van der Waals surface area contributed by atoms with Crippen LogP contribution in [0.1, 0.15) is 11.8 Å². The lowest BCUT2D eigenvalue weighted by molar-refractivity contribution is -0.167. The molecule has 0 bridgehead atoms. The van der Waals surface area contributed by atoms with Gasteiger partial charge >= 0.3 is 11.9 Å². The summed E-state index contributed by atoms with van der Waals surface area (Å²) in [6.45, 7) is 2.43. The summed E-state index contributed by atoms with van der Waals surface area (Å²) in [5.74, 6) is -0.899. The monoisotopic (exact) mass is 239 g/mol. The molecule has 1 aliphatic rings. The summed E-state index contributed by atoms with van der Waals surface area (Å²) in [5, 5.41) is 2.03. The molecule has 2 rings (SSSR count). The molecule has 1 aromatic heterocycles. The van der Waals surface area contributed by atoms with Crippen molar-refractivity contribution >= 4 is 23.3 Å². The van der Waals surface area contributed by atoms with E-state index in [0.717, 1.165) is 6.42 Å². The lowest BCUT2D eigenvalue weighted by Gasteiger charge is -2.29. The maximum Gasteiger partial charge on any atom is 0.327 e. The average Bonchev–Trinajstić information content (AvgIpc) is 2.68. The third-order valence-electron chi connectivity index (χ3n) is 2.59. The molecule has 1 aliphatic heterocycles. The number of carbonyl (C=O) groups excluding carboxylic acids is 2. The van der Waals surface area contributed by atoms with Gasteiger partial charge in [-0.05, 0) is 24.8 Å². The minimum absolute atomic E-state index is 0.176. The summed E-state index contributed by atoms with van der Waals surface area (Å²) in [5.41, 5.74) is 0. The number of cyclic esters (lactones) is 2. The Hall–Kier alpha value is -1.20. The number of esters is 2. The Balaban J connectivity index is 1.96. The Morgan fingerprint density at radius 2 is 2.12 bits per heavy atom. The Morgan fingerprint density at radius 1 is 1.44 bits per heavy atom. The van der Waals surface area contributed by atoms with Crippen molar-refractivity contribution in [1.82, 2.24) is 4.90 Å². The van der Waals surface area contributed by atoms with Crippen molar-refractivity contribution in [3.05, 3.63) is 22.4 Å². The van der Waals surface area contributed by atoms with Crippen LogP contribution in [0.5, 0.6) is 0 Å². The highest BCUT2D eigenvalue weighted by Gasteiger charge is 2.28. The molecule has 0 aromatic carbocycles. The van der Waals surface area contributed by atoms with E-state index in [0.29, 0.717) is 0 Å². The molecule has 0 N–H and O–H groups in total. The Kier molecular flexibility index (Phi) is 3.36. The number of hydrogen-bond acceptors (Lipinski definition) is 5. The van der Waals surface area contributed by atoms with Gasteiger partial charge in [0.2, 0.25) is 0 Å². The number of rotatable bonds is 3. The lowest BCUT2D eigenvalue weighted by atomic mass is 10.1. The minimum Gasteiger partial charge on any atom is -0.391 e. The molecule has 1 aromatic rings. The van der Waals surface area contributed by atoms with Crippen molar-refractivity contribution in [3.8, 4) is 0 Å². The van der Waals surface area contributed by atoms with Crippen molar-refractivity contribution in [2.24, 2.45) is 0 Å². The first-order valence-electron chi connectivity index (χ1n) is 5.15. The molecular weight excluding hydrogens is 226 g/mol. The van der Waals surface area contributed by atoms with E-state index in [9.17, 15) is 9.59 Å². The van der Waals surface area contributed by atoms with Crippen LogP contribution in [0.2, 0.25) is 0 Å². The van der Waals surface area contributed by atoms with Gasteiger partial charge in [0.15, 0.2) is 0 Å². The predicted octanol–water partition coefficient (Wildman–Crippen LogP) is 1.06. The second-order valence-electron chi connectivity index (χ2n) is 3.88. The average molecular weight is 239 g/mol. The van der Waals surface area contributed by atoms with E-state index in [4.69, 9.17) is 0 Å². The summed E-state index contributed by atoms with van der Waals surface area (Å²) in [7, 11) is 0. The zero-order valence-electron chi connectivity index (χ0n) is 9.01. The quantitative estimate of drug-likeness (QED) is 0.584. The molecule has 4 nitrogen and oxygen atoms in total. The zero-order chi connectivity index (χ0) is 11.5. The Morgan fingerprint density at radius 3 is 2.69 bits per heavy atom. The summed E-state index contributed by atoms with van der Waals surface area (Å²) in [6, 6.07) is 4.24. The van der Waals surface area contributed by atoms with Crippen LogP contribution in [0, 0.1) is 0 Å². The second kappa shape index (κ2) is 4.76. The molecule has 1 atom stereocenters. The van der Waals surface area contributed by atoms with Gasteiger partial charge in [0.05, 0.1) is 13.1 Å². The maximum absolute atomic E-state index is 11.1. The van der Waals surface area contributed by atoms with E-state index in [1.807, 2.05) is 23.3 Å². The number of hydrogen-bond donors (Lipinski definition) is 0. The van der Waals surface area contributed by atoms with Crippen molar-refractivity contribution in [2.75, 3.05) is 13.1 Å². The third kappa shape index (κ3) is 2.68. The fraction of sp³-hybridized carbons (Fsp3) is 0.455. The van der Waals surface area contributed by atoms with Crippen molar-refractivity contribution < 1.29 is 14.3 Å². The van der Waals surface area contributed by atoms with Gasteiger partial charge in [0.25, 0.3) is 0 Å². The highest BCUT2D eigenvalue weighted by atomic mass is 32.1. The lowest BCUT2D eigenvalue weighted by Crippen LogP contribution is -2.47. The number of ether oxygens (including phenoxy) is 1. The number of thiophene rings is 1. The van der Waals surface area contributed by atoms with Crippen LogP contribution in [-0.2, 0) is 20.7 Å². The Labute approximate surface area is 97.8 Å². The zero-order valence-corrected chi connectivity index (χ0v) is 9.83. The molecule has 0 amide bonds. The molecule has 0 spiro atoms. The highest BCUT2D eigenvalue weighted by Crippen LogP contribution is 2.15. The van der Waals surface area contributed by atoms with Gasteiger partial charge in [-0.25, -0.2) is 0 Å². The highest BCUT2D eigenvalue weighted by molar-refractivity contribution is 7.09. The first kappa shape index (κ1) is 11.3. The molecule has 5 heteroatoms. The summed E-state index contributed by atoms with van der Waals surface area (Å²) in [6.07, 6.45) is 0.859. The maximum atomic E-state index is 11.1. The fourth-order valence-corrected chi connectivity index (χ4v) is 2.57. The van der Waals surface area contributed by atoms with Gasteiger partial charge in [-0.1, -0.05) is 6.07 Å². The van der Waals surface area contributed by atoms with Crippen LogP contribution < -0.4 is 0 Å². The standard InChI is InChI=1S/C11H13NO3S/c1-8(5-9-3-2-4-16-9)12-6-10(13)15-11(14)7-12/h2-4,8H,5-7H2,1H3. The molecule has 1 unspecified atom stereocenters. The number of nitrogens with zero attached hydrogens (tertiary/aromatic N) is 1. The normalized spacial score (nSPS) is 19.6. The molecule has 1 fully saturated rings. The van der Waals surface area contributed by atoms with Crippen LogP contribution in [0.25, 0.3) is 0 Å². The van der Waals surface area contributed by atoms with Crippen molar-refractivity contribution in [2.45, 2.75) is 19.4 Å². The van der Waals surface area contributed by atoms with E-state index in [-0.39, 0.29) is 19.1 Å². The van der Waals surface area contributed by atoms with Gasteiger partial charge in [0, 0.05) is 10.9 Å². The summed E-state index contributed by atoms with van der Waals surface area (Å²) >= 11 is 1.69. The largest absolute Gasteiger partial charge is 0.391 e. The van der Waals surface area contributed by atoms with E-state index >= 15 is 0 Å². The number of carbonyl (C=O) groups is 2. The SMILES string of the molecule is CC(Cc1cccs1)N1CC(=O)OC(=O)C1. The van der Waals surface area contributed by atoms with Crippen LogP contribution in [0.15, 0.2) is 17.5 Å². The molecule has 86 valence electrons. The number of morpholine rings is 1. The molecule has 2 heterocycles. The molecule has 0 radical (unpaired) electrons. The van der Waals surface area contributed by atoms with Gasteiger partial charge < -0.3 is 4.74 Å². The van der Waals surface area contributed by atoms with Gasteiger partial charge in [0.1, 0.15) is 0 Å². The van der Waals surface area contributed by atoms with Crippen molar-refractivity contribution in [3.63, 3.8) is 0 Å². The predicted molar refractivity (Wildman–Crippen MR) is 60.2 cm³/mol. The van der Waals surface area contributed by atoms with Gasteiger partial charge in [-0.2, -0.15) is 0 Å². The molecule has 0 aliphatic carbocycles. The topological polar surface area (TPSA) is 46.6 Å². The van der Waals surface area contributed by atoms with E-state index < -0.39 is 11.9 Å². The van der Waals surface area contributed by atoms with Crippen LogP contribution in [0.4, 0.5) is 0 Å². The van der Waals surface area contributed by atoms with Crippen LogP contribution in [0.3, 0.4) is 0 Å². The summed E-state index contributed by atoms with van der Waals surface area (Å²) in [4.78, 5) is 25.3.